The number of carboxylic acids is 1. The summed E-state index contributed by atoms with van der Waals surface area (Å²) in [6.45, 7) is 6.49. The molecule has 2 saturated heterocycles. The summed E-state index contributed by atoms with van der Waals surface area (Å²) in [7, 11) is 0. The van der Waals surface area contributed by atoms with Gasteiger partial charge in [0.1, 0.15) is 6.04 Å². The van der Waals surface area contributed by atoms with Crippen molar-refractivity contribution in [2.24, 2.45) is 11.8 Å². The molecule has 218 valence electrons. The number of nitrogens with zero attached hydrogens (tertiary/aromatic N) is 3. The standard InChI is InChI=1S/C34H44N4O3/c1-24-31(26-13-7-3-8-14-26)33(39)38(35-24)29-17-19-36(20-18-29)21-28-22-37(23-30(28)25-11-5-2-6-12-25)32(34(40)41)27-15-9-4-10-16-27/h2-3,5-8,11-14,27-30,32,35H,4,9-10,15-23H2,1H3,(H,40,41). The van der Waals surface area contributed by atoms with Gasteiger partial charge in [-0.15, -0.1) is 0 Å². The van der Waals surface area contributed by atoms with Crippen LogP contribution in [-0.4, -0.2) is 69.4 Å². The van der Waals surface area contributed by atoms with Crippen LogP contribution in [0.1, 0.15) is 68.2 Å². The number of likely N-dealkylation sites (tertiary alicyclic amines) is 2. The maximum absolute atomic E-state index is 13.4. The summed E-state index contributed by atoms with van der Waals surface area (Å²) in [5.74, 6) is 0.336. The van der Waals surface area contributed by atoms with Crippen LogP contribution in [0.3, 0.4) is 0 Å². The molecular formula is C34H44N4O3. The Kier molecular flexibility index (Phi) is 8.45. The zero-order valence-electron chi connectivity index (χ0n) is 24.3. The van der Waals surface area contributed by atoms with Gasteiger partial charge in [0.2, 0.25) is 0 Å². The van der Waals surface area contributed by atoms with E-state index in [1.165, 1.54) is 12.0 Å². The van der Waals surface area contributed by atoms with E-state index in [2.05, 4.69) is 45.2 Å². The minimum absolute atomic E-state index is 0.0742. The SMILES string of the molecule is Cc1[nH]n(C2CCN(CC3CN(C(C(=O)O)C4CCCCC4)CC3c3ccccc3)CC2)c(=O)c1-c1ccccc1. The van der Waals surface area contributed by atoms with Crippen molar-refractivity contribution >= 4 is 5.97 Å². The molecule has 0 amide bonds. The van der Waals surface area contributed by atoms with E-state index in [9.17, 15) is 14.7 Å². The summed E-state index contributed by atoms with van der Waals surface area (Å²) in [6.07, 6.45) is 7.46. The second-order valence-electron chi connectivity index (χ2n) is 12.6. The lowest BCUT2D eigenvalue weighted by Crippen LogP contribution is -2.46. The van der Waals surface area contributed by atoms with Crippen LogP contribution >= 0.6 is 0 Å². The summed E-state index contributed by atoms with van der Waals surface area (Å²) in [5, 5.41) is 13.7. The molecule has 0 bridgehead atoms. The first kappa shape index (κ1) is 28.0. The topological polar surface area (TPSA) is 81.6 Å². The third-order valence-electron chi connectivity index (χ3n) is 10.0. The van der Waals surface area contributed by atoms with Crippen LogP contribution in [0.25, 0.3) is 11.1 Å². The molecule has 6 rings (SSSR count). The summed E-state index contributed by atoms with van der Waals surface area (Å²) >= 11 is 0. The minimum Gasteiger partial charge on any atom is -0.480 e. The fourth-order valence-electron chi connectivity index (χ4n) is 7.96. The number of rotatable bonds is 8. The Hall–Kier alpha value is -3.16. The van der Waals surface area contributed by atoms with Gasteiger partial charge in [-0.1, -0.05) is 79.9 Å². The molecule has 1 aliphatic carbocycles. The molecule has 2 N–H and O–H groups in total. The highest BCUT2D eigenvalue weighted by molar-refractivity contribution is 5.74. The van der Waals surface area contributed by atoms with Gasteiger partial charge in [-0.25, -0.2) is 4.68 Å². The molecule has 1 saturated carbocycles. The summed E-state index contributed by atoms with van der Waals surface area (Å²) < 4.78 is 1.86. The number of benzene rings is 2. The van der Waals surface area contributed by atoms with Crippen molar-refractivity contribution in [1.82, 2.24) is 19.6 Å². The second-order valence-corrected chi connectivity index (χ2v) is 12.6. The molecule has 3 atom stereocenters. The number of H-pyrrole nitrogens is 1. The molecule has 41 heavy (non-hydrogen) atoms. The first-order valence-corrected chi connectivity index (χ1v) is 15.6. The molecule has 0 radical (unpaired) electrons. The molecule has 3 heterocycles. The lowest BCUT2D eigenvalue weighted by atomic mass is 9.83. The van der Waals surface area contributed by atoms with Crippen molar-refractivity contribution < 1.29 is 9.90 Å². The Morgan fingerprint density at radius 2 is 1.59 bits per heavy atom. The first-order valence-electron chi connectivity index (χ1n) is 15.6. The molecule has 3 aromatic rings. The zero-order chi connectivity index (χ0) is 28.3. The van der Waals surface area contributed by atoms with Gasteiger partial charge in [0, 0.05) is 44.3 Å². The van der Waals surface area contributed by atoms with Gasteiger partial charge in [0.15, 0.2) is 0 Å². The van der Waals surface area contributed by atoms with Gasteiger partial charge >= 0.3 is 5.97 Å². The first-order chi connectivity index (χ1) is 20.0. The number of hydrogen-bond donors (Lipinski definition) is 2. The quantitative estimate of drug-likeness (QED) is 0.381. The minimum atomic E-state index is -0.647. The Morgan fingerprint density at radius 1 is 0.927 bits per heavy atom. The van der Waals surface area contributed by atoms with Crippen LogP contribution in [-0.2, 0) is 4.79 Å². The molecule has 7 heteroatoms. The lowest BCUT2D eigenvalue weighted by molar-refractivity contribution is -0.145. The summed E-state index contributed by atoms with van der Waals surface area (Å²) in [6, 6.07) is 20.4. The van der Waals surface area contributed by atoms with E-state index in [-0.39, 0.29) is 23.6 Å². The van der Waals surface area contributed by atoms with E-state index in [4.69, 9.17) is 0 Å². The molecule has 2 aliphatic heterocycles. The molecule has 3 aliphatic rings. The third kappa shape index (κ3) is 5.93. The zero-order valence-corrected chi connectivity index (χ0v) is 24.3. The fraction of sp³-hybridized carbons (Fsp3) is 0.529. The highest BCUT2D eigenvalue weighted by atomic mass is 16.4. The number of aliphatic carboxylic acids is 1. The number of hydrogen-bond acceptors (Lipinski definition) is 4. The van der Waals surface area contributed by atoms with Gasteiger partial charge in [-0.2, -0.15) is 0 Å². The van der Waals surface area contributed by atoms with Crippen molar-refractivity contribution in [3.05, 3.63) is 82.3 Å². The van der Waals surface area contributed by atoms with Gasteiger partial charge in [0.25, 0.3) is 5.56 Å². The van der Waals surface area contributed by atoms with E-state index in [1.807, 2.05) is 41.9 Å². The number of nitrogens with one attached hydrogen (secondary N) is 1. The van der Waals surface area contributed by atoms with Gasteiger partial charge in [0.05, 0.1) is 11.6 Å². The predicted octanol–water partition coefficient (Wildman–Crippen LogP) is 5.54. The maximum Gasteiger partial charge on any atom is 0.321 e. The number of aromatic amines is 1. The van der Waals surface area contributed by atoms with E-state index >= 15 is 0 Å². The van der Waals surface area contributed by atoms with Crippen LogP contribution in [0.5, 0.6) is 0 Å². The van der Waals surface area contributed by atoms with E-state index < -0.39 is 5.97 Å². The van der Waals surface area contributed by atoms with Gasteiger partial charge in [-0.3, -0.25) is 19.6 Å². The molecular weight excluding hydrogens is 512 g/mol. The molecule has 3 fully saturated rings. The van der Waals surface area contributed by atoms with Crippen LogP contribution in [0, 0.1) is 18.8 Å². The van der Waals surface area contributed by atoms with Crippen molar-refractivity contribution in [3.8, 4) is 11.1 Å². The predicted molar refractivity (Wildman–Crippen MR) is 162 cm³/mol. The number of aromatic nitrogens is 2. The van der Waals surface area contributed by atoms with Crippen LogP contribution in [0.4, 0.5) is 0 Å². The normalized spacial score (nSPS) is 24.0. The highest BCUT2D eigenvalue weighted by Crippen LogP contribution is 2.39. The van der Waals surface area contributed by atoms with Crippen molar-refractivity contribution in [2.75, 3.05) is 32.7 Å². The van der Waals surface area contributed by atoms with Crippen LogP contribution in [0.15, 0.2) is 65.5 Å². The molecule has 0 spiro atoms. The van der Waals surface area contributed by atoms with Crippen molar-refractivity contribution in [2.45, 2.75) is 69.9 Å². The smallest absolute Gasteiger partial charge is 0.321 e. The molecule has 7 nitrogen and oxygen atoms in total. The van der Waals surface area contributed by atoms with Crippen LogP contribution < -0.4 is 5.56 Å². The third-order valence-corrected chi connectivity index (χ3v) is 10.0. The van der Waals surface area contributed by atoms with E-state index in [1.54, 1.807) is 0 Å². The number of aryl methyl sites for hydroxylation is 1. The maximum atomic E-state index is 13.4. The van der Waals surface area contributed by atoms with Gasteiger partial charge in [-0.05, 0) is 55.6 Å². The fourth-order valence-corrected chi connectivity index (χ4v) is 7.96. The summed E-state index contributed by atoms with van der Waals surface area (Å²) in [4.78, 5) is 30.8. The average molecular weight is 557 g/mol. The Labute approximate surface area is 243 Å². The number of piperidine rings is 1. The van der Waals surface area contributed by atoms with Gasteiger partial charge < -0.3 is 10.0 Å². The number of carboxylic acid groups (broad SMARTS) is 1. The monoisotopic (exact) mass is 556 g/mol. The summed E-state index contributed by atoms with van der Waals surface area (Å²) in [5.41, 5.74) is 4.06. The molecule has 3 unspecified atom stereocenters. The number of carbonyl (C=O) groups is 1. The van der Waals surface area contributed by atoms with Crippen molar-refractivity contribution in [1.29, 1.82) is 0 Å². The second kappa shape index (κ2) is 12.4. The van der Waals surface area contributed by atoms with E-state index in [0.29, 0.717) is 11.8 Å². The molecule has 2 aromatic carbocycles. The average Bonchev–Trinajstić information content (AvgIpc) is 3.54. The Bertz CT molecular complexity index is 1350. The van der Waals surface area contributed by atoms with E-state index in [0.717, 1.165) is 88.1 Å². The van der Waals surface area contributed by atoms with Crippen LogP contribution in [0.2, 0.25) is 0 Å². The Morgan fingerprint density at radius 3 is 2.24 bits per heavy atom. The molecule has 1 aromatic heterocycles. The highest BCUT2D eigenvalue weighted by Gasteiger charge is 2.43. The lowest BCUT2D eigenvalue weighted by Gasteiger charge is -2.35. The largest absolute Gasteiger partial charge is 0.480 e. The Balaban J connectivity index is 1.15. The van der Waals surface area contributed by atoms with Crippen molar-refractivity contribution in [3.63, 3.8) is 0 Å².